The summed E-state index contributed by atoms with van der Waals surface area (Å²) in [4.78, 5) is 18.6. The number of benzene rings is 1. The summed E-state index contributed by atoms with van der Waals surface area (Å²) in [6, 6.07) is 8.38. The molecule has 0 unspecified atom stereocenters. The summed E-state index contributed by atoms with van der Waals surface area (Å²) < 4.78 is 6.32. The van der Waals surface area contributed by atoms with Gasteiger partial charge in [-0.15, -0.1) is 0 Å². The van der Waals surface area contributed by atoms with Crippen LogP contribution in [-0.4, -0.2) is 26.7 Å². The molecule has 0 amide bonds. The van der Waals surface area contributed by atoms with Crippen LogP contribution >= 0.6 is 0 Å². The minimum atomic E-state index is -0.104. The van der Waals surface area contributed by atoms with Crippen molar-refractivity contribution in [3.05, 3.63) is 47.9 Å². The van der Waals surface area contributed by atoms with E-state index < -0.39 is 0 Å². The maximum Gasteiger partial charge on any atom is 0.227 e. The Morgan fingerprint density at radius 1 is 0.931 bits per heavy atom. The number of pyridine rings is 1. The van der Waals surface area contributed by atoms with Gasteiger partial charge in [0.15, 0.2) is 17.2 Å². The lowest BCUT2D eigenvalue weighted by molar-refractivity contribution is 0.464. The predicted octanol–water partition coefficient (Wildman–Crippen LogP) is 5.49. The molecule has 0 spiro atoms. The Kier molecular flexibility index (Phi) is 3.66. The van der Waals surface area contributed by atoms with Crippen molar-refractivity contribution in [1.29, 1.82) is 0 Å². The first-order valence-corrected chi connectivity index (χ1v) is 9.96. The van der Waals surface area contributed by atoms with Gasteiger partial charge in [0.05, 0.1) is 5.69 Å². The summed E-state index contributed by atoms with van der Waals surface area (Å²) in [6.07, 6.45) is 3.55. The molecule has 1 aliphatic rings. The number of aromatic nitrogens is 3. The predicted molar refractivity (Wildman–Crippen MR) is 117 cm³/mol. The fourth-order valence-corrected chi connectivity index (χ4v) is 4.50. The van der Waals surface area contributed by atoms with Crippen LogP contribution in [0.5, 0.6) is 0 Å². The van der Waals surface area contributed by atoms with E-state index in [1.165, 1.54) is 0 Å². The van der Waals surface area contributed by atoms with Crippen molar-refractivity contribution in [2.45, 2.75) is 53.2 Å². The minimum Gasteiger partial charge on any atom is -0.435 e. The molecule has 29 heavy (non-hydrogen) atoms. The molecule has 6 nitrogen and oxygen atoms in total. The molecule has 0 fully saturated rings. The molecule has 4 heterocycles. The smallest absolute Gasteiger partial charge is 0.227 e. The zero-order valence-electron chi connectivity index (χ0n) is 17.7. The molecule has 1 atom stereocenters. The second-order valence-electron chi connectivity index (χ2n) is 8.76. The zero-order valence-corrected chi connectivity index (χ0v) is 17.7. The van der Waals surface area contributed by atoms with Crippen LogP contribution in [0.3, 0.4) is 0 Å². The number of fused-ring (bicyclic) bond motifs is 4. The number of hydrogen-bond donors (Lipinski definition) is 0. The van der Waals surface area contributed by atoms with Crippen molar-refractivity contribution in [3.63, 3.8) is 0 Å². The Morgan fingerprint density at radius 2 is 1.62 bits per heavy atom. The van der Waals surface area contributed by atoms with Crippen LogP contribution < -0.4 is 9.80 Å². The summed E-state index contributed by atoms with van der Waals surface area (Å²) in [6.45, 7) is 12.9. The Bertz CT molecular complexity index is 1250. The van der Waals surface area contributed by atoms with Crippen molar-refractivity contribution in [2.75, 3.05) is 9.80 Å². The van der Waals surface area contributed by atoms with Crippen LogP contribution in [0.15, 0.2) is 41.1 Å². The van der Waals surface area contributed by atoms with Crippen molar-refractivity contribution in [1.82, 2.24) is 15.0 Å². The van der Waals surface area contributed by atoms with Crippen molar-refractivity contribution in [3.8, 4) is 0 Å². The molecule has 0 aliphatic carbocycles. The van der Waals surface area contributed by atoms with Crippen molar-refractivity contribution in [2.24, 2.45) is 0 Å². The van der Waals surface area contributed by atoms with Gasteiger partial charge >= 0.3 is 0 Å². The number of aryl methyl sites for hydroxylation is 2. The van der Waals surface area contributed by atoms with Gasteiger partial charge in [-0.25, -0.2) is 15.0 Å². The first-order valence-electron chi connectivity index (χ1n) is 9.96. The molecule has 6 heteroatoms. The van der Waals surface area contributed by atoms with E-state index in [4.69, 9.17) is 9.40 Å². The molecule has 0 bridgehead atoms. The topological polar surface area (TPSA) is 58.3 Å². The van der Waals surface area contributed by atoms with Gasteiger partial charge in [0.1, 0.15) is 6.17 Å². The van der Waals surface area contributed by atoms with E-state index in [0.29, 0.717) is 5.71 Å². The van der Waals surface area contributed by atoms with Gasteiger partial charge in [0.2, 0.25) is 5.71 Å². The summed E-state index contributed by atoms with van der Waals surface area (Å²) in [5.74, 6) is 1.75. The second kappa shape index (κ2) is 5.92. The Balaban J connectivity index is 1.81. The van der Waals surface area contributed by atoms with Gasteiger partial charge < -0.3 is 9.32 Å². The highest BCUT2D eigenvalue weighted by Crippen LogP contribution is 2.48. The highest BCUT2D eigenvalue weighted by Gasteiger charge is 2.43. The minimum absolute atomic E-state index is 0.0413. The SMILES string of the molecule is Cc1ccc2c(n1)oc1c(N3c4nccnc4N(C(C)(C)C)[C@@H]3C)c(C)ccc12. The number of hydrogen-bond acceptors (Lipinski definition) is 6. The summed E-state index contributed by atoms with van der Waals surface area (Å²) in [7, 11) is 0. The number of rotatable bonds is 1. The number of furan rings is 1. The van der Waals surface area contributed by atoms with Crippen molar-refractivity contribution < 1.29 is 4.42 Å². The van der Waals surface area contributed by atoms with E-state index in [2.05, 4.69) is 72.6 Å². The molecule has 5 rings (SSSR count). The number of nitrogens with zero attached hydrogens (tertiary/aromatic N) is 5. The van der Waals surface area contributed by atoms with E-state index in [0.717, 1.165) is 44.9 Å². The fraction of sp³-hybridized carbons (Fsp3) is 0.348. The van der Waals surface area contributed by atoms with E-state index in [-0.39, 0.29) is 11.7 Å². The molecule has 3 aromatic heterocycles. The molecule has 0 saturated carbocycles. The largest absolute Gasteiger partial charge is 0.435 e. The molecule has 1 aromatic carbocycles. The van der Waals surface area contributed by atoms with Crippen LogP contribution in [-0.2, 0) is 0 Å². The van der Waals surface area contributed by atoms with Gasteiger partial charge in [-0.05, 0) is 59.2 Å². The van der Waals surface area contributed by atoms with E-state index in [1.807, 2.05) is 13.0 Å². The van der Waals surface area contributed by atoms with E-state index in [9.17, 15) is 0 Å². The lowest BCUT2D eigenvalue weighted by Crippen LogP contribution is -2.49. The molecule has 0 N–H and O–H groups in total. The second-order valence-corrected chi connectivity index (χ2v) is 8.76. The summed E-state index contributed by atoms with van der Waals surface area (Å²) in [5.41, 5.74) is 4.52. The molecular formula is C23H25N5O. The fourth-order valence-electron chi connectivity index (χ4n) is 4.50. The normalized spacial score (nSPS) is 16.8. The van der Waals surface area contributed by atoms with Crippen LogP contribution in [0.4, 0.5) is 17.3 Å². The summed E-state index contributed by atoms with van der Waals surface area (Å²) >= 11 is 0. The number of anilines is 3. The maximum absolute atomic E-state index is 6.32. The first-order chi connectivity index (χ1) is 13.8. The molecule has 4 aromatic rings. The average molecular weight is 387 g/mol. The summed E-state index contributed by atoms with van der Waals surface area (Å²) in [5, 5.41) is 2.10. The van der Waals surface area contributed by atoms with Gasteiger partial charge in [-0.2, -0.15) is 0 Å². The van der Waals surface area contributed by atoms with E-state index >= 15 is 0 Å². The maximum atomic E-state index is 6.32. The quantitative estimate of drug-likeness (QED) is 0.430. The standard InChI is InChI=1S/C23H25N5O/c1-13-7-9-16-17-10-8-14(2)26-22(17)29-19(16)18(13)27-15(3)28(23(4,5)6)21-20(27)24-11-12-25-21/h7-12,15H,1-6H3/t15-/m1/s1. The molecule has 1 aliphatic heterocycles. The lowest BCUT2D eigenvalue weighted by atomic mass is 10.1. The zero-order chi connectivity index (χ0) is 20.5. The van der Waals surface area contributed by atoms with Gasteiger partial charge in [-0.1, -0.05) is 12.1 Å². The molecule has 148 valence electrons. The van der Waals surface area contributed by atoms with Gasteiger partial charge in [0, 0.05) is 34.4 Å². The lowest BCUT2D eigenvalue weighted by Gasteiger charge is -2.38. The molecule has 0 saturated heterocycles. The van der Waals surface area contributed by atoms with Gasteiger partial charge in [0.25, 0.3) is 0 Å². The van der Waals surface area contributed by atoms with Crippen LogP contribution in [0.2, 0.25) is 0 Å². The van der Waals surface area contributed by atoms with E-state index in [1.54, 1.807) is 12.4 Å². The Morgan fingerprint density at radius 3 is 2.34 bits per heavy atom. The Hall–Kier alpha value is -3.15. The average Bonchev–Trinajstić information content (AvgIpc) is 3.15. The molecular weight excluding hydrogens is 362 g/mol. The van der Waals surface area contributed by atoms with Gasteiger partial charge in [-0.3, -0.25) is 4.90 Å². The van der Waals surface area contributed by atoms with Crippen molar-refractivity contribution >= 4 is 39.4 Å². The molecule has 0 radical (unpaired) electrons. The Labute approximate surface area is 170 Å². The monoisotopic (exact) mass is 387 g/mol. The highest BCUT2D eigenvalue weighted by atomic mass is 16.3. The third-order valence-electron chi connectivity index (χ3n) is 5.65. The van der Waals surface area contributed by atoms with Crippen LogP contribution in [0, 0.1) is 13.8 Å². The van der Waals surface area contributed by atoms with Crippen LogP contribution in [0.1, 0.15) is 39.0 Å². The first kappa shape index (κ1) is 17.9. The third-order valence-corrected chi connectivity index (χ3v) is 5.65. The third kappa shape index (κ3) is 2.51. The highest BCUT2D eigenvalue weighted by molar-refractivity contribution is 6.09. The van der Waals surface area contributed by atoms with Crippen LogP contribution in [0.25, 0.3) is 22.1 Å².